The van der Waals surface area contributed by atoms with Gasteiger partial charge in [-0.25, -0.2) is 9.59 Å². The largest absolute Gasteiger partial charge is 0.480 e. The van der Waals surface area contributed by atoms with Gasteiger partial charge < -0.3 is 15.7 Å². The van der Waals surface area contributed by atoms with E-state index >= 15 is 0 Å². The molecule has 8 heteroatoms. The van der Waals surface area contributed by atoms with Crippen LogP contribution in [0.1, 0.15) is 33.6 Å². The Morgan fingerprint density at radius 2 is 2.00 bits per heavy atom. The van der Waals surface area contributed by atoms with Gasteiger partial charge in [0.05, 0.1) is 0 Å². The predicted octanol–water partition coefficient (Wildman–Crippen LogP) is -0.0677. The second-order valence-electron chi connectivity index (χ2n) is 6.43. The zero-order valence-corrected chi connectivity index (χ0v) is 12.9. The van der Waals surface area contributed by atoms with Crippen molar-refractivity contribution in [3.8, 4) is 0 Å². The number of aliphatic carboxylic acids is 1. The summed E-state index contributed by atoms with van der Waals surface area (Å²) < 4.78 is 0. The molecule has 0 radical (unpaired) electrons. The third-order valence-electron chi connectivity index (χ3n) is 4.25. The van der Waals surface area contributed by atoms with Crippen molar-refractivity contribution >= 4 is 23.8 Å². The number of rotatable bonds is 6. The molecule has 1 saturated carbocycles. The van der Waals surface area contributed by atoms with Crippen molar-refractivity contribution in [2.75, 3.05) is 6.54 Å². The molecule has 2 aliphatic rings. The molecule has 2 atom stereocenters. The summed E-state index contributed by atoms with van der Waals surface area (Å²) in [7, 11) is 0. The standard InChI is InChI=1S/C14H21N3O5/c1-7(2)10(11(19)20)15-9(18)6-17-12(21)14(3,8-4-5-8)16-13(17)22/h7-8,10H,4-6H2,1-3H3,(H,15,18)(H,16,22)(H,19,20)/t10-,14?/m1/s1. The van der Waals surface area contributed by atoms with Gasteiger partial charge in [-0.05, 0) is 31.6 Å². The minimum absolute atomic E-state index is 0.111. The zero-order valence-electron chi connectivity index (χ0n) is 12.9. The van der Waals surface area contributed by atoms with Crippen molar-refractivity contribution in [1.29, 1.82) is 0 Å². The first kappa shape index (κ1) is 16.3. The Kier molecular flexibility index (Phi) is 4.12. The van der Waals surface area contributed by atoms with E-state index < -0.39 is 41.9 Å². The molecule has 1 aliphatic heterocycles. The third-order valence-corrected chi connectivity index (χ3v) is 4.25. The number of carboxylic acids is 1. The maximum absolute atomic E-state index is 12.4. The van der Waals surface area contributed by atoms with Gasteiger partial charge in [-0.3, -0.25) is 14.5 Å². The topological polar surface area (TPSA) is 116 Å². The maximum atomic E-state index is 12.4. The average molecular weight is 311 g/mol. The molecule has 1 heterocycles. The van der Waals surface area contributed by atoms with Gasteiger partial charge in [-0.2, -0.15) is 0 Å². The molecule has 1 unspecified atom stereocenters. The molecule has 0 spiro atoms. The summed E-state index contributed by atoms with van der Waals surface area (Å²) in [5, 5.41) is 14.0. The number of amides is 4. The summed E-state index contributed by atoms with van der Waals surface area (Å²) in [6, 6.07) is -1.66. The van der Waals surface area contributed by atoms with Crippen molar-refractivity contribution in [2.45, 2.75) is 45.2 Å². The monoisotopic (exact) mass is 311 g/mol. The summed E-state index contributed by atoms with van der Waals surface area (Å²) in [5.74, 6) is -2.43. The fourth-order valence-electron chi connectivity index (χ4n) is 2.67. The van der Waals surface area contributed by atoms with Crippen molar-refractivity contribution in [3.05, 3.63) is 0 Å². The van der Waals surface area contributed by atoms with Crippen LogP contribution in [0.15, 0.2) is 0 Å². The Labute approximate surface area is 128 Å². The molecule has 122 valence electrons. The molecule has 1 saturated heterocycles. The number of carboxylic acid groups (broad SMARTS) is 1. The Morgan fingerprint density at radius 3 is 2.45 bits per heavy atom. The van der Waals surface area contributed by atoms with Gasteiger partial charge >= 0.3 is 12.0 Å². The van der Waals surface area contributed by atoms with Gasteiger partial charge in [-0.1, -0.05) is 13.8 Å². The Bertz CT molecular complexity index is 529. The molecule has 0 bridgehead atoms. The highest BCUT2D eigenvalue weighted by Crippen LogP contribution is 2.42. The Hall–Kier alpha value is -2.12. The maximum Gasteiger partial charge on any atom is 0.326 e. The van der Waals surface area contributed by atoms with Gasteiger partial charge in [0.15, 0.2) is 0 Å². The number of nitrogens with one attached hydrogen (secondary N) is 2. The summed E-state index contributed by atoms with van der Waals surface area (Å²) >= 11 is 0. The van der Waals surface area contributed by atoms with Crippen LogP contribution in [0.2, 0.25) is 0 Å². The Balaban J connectivity index is 2.01. The highest BCUT2D eigenvalue weighted by molar-refractivity contribution is 6.09. The van der Waals surface area contributed by atoms with Crippen LogP contribution in [-0.4, -0.2) is 51.9 Å². The minimum Gasteiger partial charge on any atom is -0.480 e. The first-order valence-electron chi connectivity index (χ1n) is 7.33. The summed E-state index contributed by atoms with van der Waals surface area (Å²) in [6.45, 7) is 4.52. The fourth-order valence-corrected chi connectivity index (χ4v) is 2.67. The van der Waals surface area contributed by atoms with Gasteiger partial charge in [0.2, 0.25) is 5.91 Å². The van der Waals surface area contributed by atoms with Gasteiger partial charge in [0, 0.05) is 0 Å². The van der Waals surface area contributed by atoms with Crippen LogP contribution >= 0.6 is 0 Å². The lowest BCUT2D eigenvalue weighted by molar-refractivity contribution is -0.143. The van der Waals surface area contributed by atoms with Gasteiger partial charge in [0.25, 0.3) is 5.91 Å². The molecule has 2 rings (SSSR count). The van der Waals surface area contributed by atoms with E-state index in [2.05, 4.69) is 10.6 Å². The number of hydrogen-bond acceptors (Lipinski definition) is 4. The molecule has 8 nitrogen and oxygen atoms in total. The Morgan fingerprint density at radius 1 is 1.41 bits per heavy atom. The number of imide groups is 1. The van der Waals surface area contributed by atoms with E-state index in [0.717, 1.165) is 17.7 Å². The van der Waals surface area contributed by atoms with Crippen molar-refractivity contribution in [3.63, 3.8) is 0 Å². The highest BCUT2D eigenvalue weighted by Gasteiger charge is 2.56. The van der Waals surface area contributed by atoms with Crippen LogP contribution in [-0.2, 0) is 14.4 Å². The lowest BCUT2D eigenvalue weighted by atomic mass is 9.96. The van der Waals surface area contributed by atoms with Crippen LogP contribution in [0, 0.1) is 11.8 Å². The molecule has 0 aromatic heterocycles. The SMILES string of the molecule is CC(C)[C@@H](NC(=O)CN1C(=O)NC(C)(C2CC2)C1=O)C(=O)O. The van der Waals surface area contributed by atoms with E-state index in [1.807, 2.05) is 0 Å². The lowest BCUT2D eigenvalue weighted by Gasteiger charge is -2.22. The molecular formula is C14H21N3O5. The zero-order chi connectivity index (χ0) is 16.7. The second kappa shape index (κ2) is 5.58. The normalized spacial score (nSPS) is 26.1. The van der Waals surface area contributed by atoms with E-state index in [-0.39, 0.29) is 11.8 Å². The summed E-state index contributed by atoms with van der Waals surface area (Å²) in [4.78, 5) is 48.2. The van der Waals surface area contributed by atoms with Crippen LogP contribution in [0.25, 0.3) is 0 Å². The molecule has 0 aromatic rings. The van der Waals surface area contributed by atoms with Crippen molar-refractivity contribution < 1.29 is 24.3 Å². The number of nitrogens with zero attached hydrogens (tertiary/aromatic N) is 1. The quantitative estimate of drug-likeness (QED) is 0.594. The predicted molar refractivity (Wildman–Crippen MR) is 75.8 cm³/mol. The van der Waals surface area contributed by atoms with Crippen molar-refractivity contribution in [2.24, 2.45) is 11.8 Å². The fraction of sp³-hybridized carbons (Fsp3) is 0.714. The smallest absolute Gasteiger partial charge is 0.326 e. The van der Waals surface area contributed by atoms with Crippen LogP contribution < -0.4 is 10.6 Å². The van der Waals surface area contributed by atoms with Crippen LogP contribution in [0.3, 0.4) is 0 Å². The molecular weight excluding hydrogens is 290 g/mol. The van der Waals surface area contributed by atoms with E-state index in [9.17, 15) is 19.2 Å². The van der Waals surface area contributed by atoms with E-state index in [4.69, 9.17) is 5.11 Å². The number of carbonyl (C=O) groups excluding carboxylic acids is 3. The van der Waals surface area contributed by atoms with E-state index in [1.54, 1.807) is 20.8 Å². The van der Waals surface area contributed by atoms with Crippen LogP contribution in [0.4, 0.5) is 4.79 Å². The minimum atomic E-state index is -1.15. The molecule has 1 aliphatic carbocycles. The van der Waals surface area contributed by atoms with Gasteiger partial charge in [0.1, 0.15) is 18.1 Å². The van der Waals surface area contributed by atoms with Gasteiger partial charge in [-0.15, -0.1) is 0 Å². The number of urea groups is 1. The number of carbonyl (C=O) groups is 4. The molecule has 3 N–H and O–H groups in total. The third kappa shape index (κ3) is 2.90. The highest BCUT2D eigenvalue weighted by atomic mass is 16.4. The molecule has 0 aromatic carbocycles. The van der Waals surface area contributed by atoms with E-state index in [0.29, 0.717) is 0 Å². The molecule has 2 fully saturated rings. The lowest BCUT2D eigenvalue weighted by Crippen LogP contribution is -2.50. The van der Waals surface area contributed by atoms with E-state index in [1.165, 1.54) is 0 Å². The number of hydrogen-bond donors (Lipinski definition) is 3. The average Bonchev–Trinajstić information content (AvgIpc) is 3.22. The first-order valence-corrected chi connectivity index (χ1v) is 7.33. The summed E-state index contributed by atoms with van der Waals surface area (Å²) in [6.07, 6.45) is 1.74. The molecule has 4 amide bonds. The first-order chi connectivity index (χ1) is 10.2. The molecule has 22 heavy (non-hydrogen) atoms. The van der Waals surface area contributed by atoms with Crippen molar-refractivity contribution in [1.82, 2.24) is 15.5 Å². The van der Waals surface area contributed by atoms with Crippen LogP contribution in [0.5, 0.6) is 0 Å². The second-order valence-corrected chi connectivity index (χ2v) is 6.43. The summed E-state index contributed by atoms with van der Waals surface area (Å²) in [5.41, 5.74) is -0.943.